The zero-order valence-electron chi connectivity index (χ0n) is 11.3. The van der Waals surface area contributed by atoms with E-state index in [1.165, 1.54) is 0 Å². The number of nitrogens with zero attached hydrogens (tertiary/aromatic N) is 2. The standard InChI is InChI=1S/C13H23N3O/c1-5-6-11-15-12(9-13(16-11)17-4)14-8-7-10(2)3/h9-10H,5-8H2,1-4H3,(H,14,15,16). The van der Waals surface area contributed by atoms with Gasteiger partial charge in [-0.25, -0.2) is 4.98 Å². The zero-order valence-corrected chi connectivity index (χ0v) is 11.3. The molecule has 0 fully saturated rings. The molecule has 17 heavy (non-hydrogen) atoms. The fraction of sp³-hybridized carbons (Fsp3) is 0.692. The van der Waals surface area contributed by atoms with E-state index in [9.17, 15) is 0 Å². The maximum absolute atomic E-state index is 5.18. The molecule has 4 nitrogen and oxygen atoms in total. The van der Waals surface area contributed by atoms with Gasteiger partial charge in [-0.3, -0.25) is 0 Å². The van der Waals surface area contributed by atoms with Crippen molar-refractivity contribution < 1.29 is 4.74 Å². The van der Waals surface area contributed by atoms with Crippen LogP contribution in [0.4, 0.5) is 5.82 Å². The first-order valence-corrected chi connectivity index (χ1v) is 6.31. The number of ether oxygens (including phenoxy) is 1. The molecule has 0 saturated carbocycles. The van der Waals surface area contributed by atoms with Crippen molar-refractivity contribution in [3.63, 3.8) is 0 Å². The van der Waals surface area contributed by atoms with Gasteiger partial charge < -0.3 is 10.1 Å². The topological polar surface area (TPSA) is 47.0 Å². The van der Waals surface area contributed by atoms with Gasteiger partial charge in [0.25, 0.3) is 0 Å². The van der Waals surface area contributed by atoms with E-state index in [1.807, 2.05) is 6.07 Å². The number of aromatic nitrogens is 2. The first kappa shape index (κ1) is 13.7. The SMILES string of the molecule is CCCc1nc(NCCC(C)C)cc(OC)n1. The van der Waals surface area contributed by atoms with Crippen molar-refractivity contribution in [1.29, 1.82) is 0 Å². The van der Waals surface area contributed by atoms with Crippen molar-refractivity contribution in [3.8, 4) is 5.88 Å². The molecule has 1 aromatic rings. The molecule has 1 N–H and O–H groups in total. The summed E-state index contributed by atoms with van der Waals surface area (Å²) in [4.78, 5) is 8.78. The Morgan fingerprint density at radius 1 is 1.35 bits per heavy atom. The summed E-state index contributed by atoms with van der Waals surface area (Å²) in [6, 6.07) is 1.85. The van der Waals surface area contributed by atoms with Crippen LogP contribution < -0.4 is 10.1 Å². The molecule has 0 saturated heterocycles. The van der Waals surface area contributed by atoms with Crippen LogP contribution in [0.3, 0.4) is 0 Å². The van der Waals surface area contributed by atoms with Gasteiger partial charge in [0.05, 0.1) is 7.11 Å². The molecule has 0 bridgehead atoms. The molecule has 0 radical (unpaired) electrons. The van der Waals surface area contributed by atoms with E-state index in [1.54, 1.807) is 7.11 Å². The maximum atomic E-state index is 5.18. The summed E-state index contributed by atoms with van der Waals surface area (Å²) in [6.07, 6.45) is 3.06. The normalized spacial score (nSPS) is 10.6. The van der Waals surface area contributed by atoms with Crippen LogP contribution in [0.5, 0.6) is 5.88 Å². The van der Waals surface area contributed by atoms with Gasteiger partial charge in [-0.15, -0.1) is 0 Å². The molecular weight excluding hydrogens is 214 g/mol. The number of nitrogens with one attached hydrogen (secondary N) is 1. The number of anilines is 1. The van der Waals surface area contributed by atoms with Crippen LogP contribution in [0.25, 0.3) is 0 Å². The minimum atomic E-state index is 0.635. The first-order chi connectivity index (χ1) is 8.15. The van der Waals surface area contributed by atoms with Crippen molar-refractivity contribution in [2.45, 2.75) is 40.0 Å². The Morgan fingerprint density at radius 3 is 2.71 bits per heavy atom. The second-order valence-electron chi connectivity index (χ2n) is 4.57. The molecule has 0 aromatic carbocycles. The summed E-state index contributed by atoms with van der Waals surface area (Å²) in [5.41, 5.74) is 0. The van der Waals surface area contributed by atoms with Crippen molar-refractivity contribution >= 4 is 5.82 Å². The van der Waals surface area contributed by atoms with Crippen LogP contribution in [-0.4, -0.2) is 23.6 Å². The molecule has 1 aromatic heterocycles. The number of rotatable bonds is 7. The quantitative estimate of drug-likeness (QED) is 0.792. The molecule has 96 valence electrons. The summed E-state index contributed by atoms with van der Waals surface area (Å²) in [6.45, 7) is 7.48. The Labute approximate surface area is 104 Å². The van der Waals surface area contributed by atoms with Crippen LogP contribution in [-0.2, 0) is 6.42 Å². The third-order valence-corrected chi connectivity index (χ3v) is 2.46. The smallest absolute Gasteiger partial charge is 0.218 e. The second-order valence-corrected chi connectivity index (χ2v) is 4.57. The van der Waals surface area contributed by atoms with Gasteiger partial charge in [0, 0.05) is 19.0 Å². The largest absolute Gasteiger partial charge is 0.481 e. The Morgan fingerprint density at radius 2 is 2.12 bits per heavy atom. The van der Waals surface area contributed by atoms with E-state index >= 15 is 0 Å². The molecule has 0 atom stereocenters. The monoisotopic (exact) mass is 237 g/mol. The van der Waals surface area contributed by atoms with Gasteiger partial charge in [-0.2, -0.15) is 4.98 Å². The van der Waals surface area contributed by atoms with Gasteiger partial charge in [-0.05, 0) is 18.8 Å². The number of hydrogen-bond donors (Lipinski definition) is 1. The summed E-state index contributed by atoms with van der Waals surface area (Å²) in [5, 5.41) is 3.32. The summed E-state index contributed by atoms with van der Waals surface area (Å²) in [7, 11) is 1.63. The molecule has 1 rings (SSSR count). The molecule has 4 heteroatoms. The van der Waals surface area contributed by atoms with Crippen molar-refractivity contribution in [2.75, 3.05) is 19.0 Å². The predicted octanol–water partition coefficient (Wildman–Crippen LogP) is 2.90. The van der Waals surface area contributed by atoms with E-state index < -0.39 is 0 Å². The molecule has 0 aliphatic carbocycles. The first-order valence-electron chi connectivity index (χ1n) is 6.31. The van der Waals surface area contributed by atoms with Crippen molar-refractivity contribution in [1.82, 2.24) is 9.97 Å². The molecule has 0 aliphatic rings. The highest BCUT2D eigenvalue weighted by atomic mass is 16.5. The van der Waals surface area contributed by atoms with Crippen molar-refractivity contribution in [3.05, 3.63) is 11.9 Å². The van der Waals surface area contributed by atoms with Crippen LogP contribution in [0.2, 0.25) is 0 Å². The number of hydrogen-bond acceptors (Lipinski definition) is 4. The highest BCUT2D eigenvalue weighted by molar-refractivity contribution is 5.38. The third kappa shape index (κ3) is 5.02. The lowest BCUT2D eigenvalue weighted by atomic mass is 10.1. The summed E-state index contributed by atoms with van der Waals surface area (Å²) in [5.74, 6) is 3.04. The van der Waals surface area contributed by atoms with Gasteiger partial charge in [-0.1, -0.05) is 20.8 Å². The average Bonchev–Trinajstić information content (AvgIpc) is 2.28. The molecule has 0 amide bonds. The lowest BCUT2D eigenvalue weighted by Crippen LogP contribution is -2.08. The van der Waals surface area contributed by atoms with E-state index in [4.69, 9.17) is 4.74 Å². The summed E-state index contributed by atoms with van der Waals surface area (Å²) < 4.78 is 5.18. The second kappa shape index (κ2) is 7.09. The van der Waals surface area contributed by atoms with E-state index in [-0.39, 0.29) is 0 Å². The van der Waals surface area contributed by atoms with E-state index in [0.29, 0.717) is 11.8 Å². The Bertz CT molecular complexity index is 339. The molecule has 0 unspecified atom stereocenters. The number of aryl methyl sites for hydroxylation is 1. The van der Waals surface area contributed by atoms with Crippen molar-refractivity contribution in [2.24, 2.45) is 5.92 Å². The van der Waals surface area contributed by atoms with Gasteiger partial charge in [0.15, 0.2) is 0 Å². The van der Waals surface area contributed by atoms with Gasteiger partial charge >= 0.3 is 0 Å². The van der Waals surface area contributed by atoms with Crippen LogP contribution >= 0.6 is 0 Å². The molecule has 0 aliphatic heterocycles. The third-order valence-electron chi connectivity index (χ3n) is 2.46. The van der Waals surface area contributed by atoms with Crippen LogP contribution in [0, 0.1) is 5.92 Å². The Balaban J connectivity index is 2.66. The van der Waals surface area contributed by atoms with Crippen LogP contribution in [0.15, 0.2) is 6.07 Å². The number of methoxy groups -OCH3 is 1. The van der Waals surface area contributed by atoms with Gasteiger partial charge in [0.1, 0.15) is 11.6 Å². The Hall–Kier alpha value is -1.32. The van der Waals surface area contributed by atoms with E-state index in [2.05, 4.69) is 36.1 Å². The minimum absolute atomic E-state index is 0.635. The lowest BCUT2D eigenvalue weighted by molar-refractivity contribution is 0.395. The van der Waals surface area contributed by atoms with E-state index in [0.717, 1.165) is 37.4 Å². The molecule has 1 heterocycles. The zero-order chi connectivity index (χ0) is 12.7. The fourth-order valence-electron chi connectivity index (χ4n) is 1.49. The van der Waals surface area contributed by atoms with Gasteiger partial charge in [0.2, 0.25) is 5.88 Å². The Kier molecular flexibility index (Phi) is 5.73. The fourth-order valence-corrected chi connectivity index (χ4v) is 1.49. The van der Waals surface area contributed by atoms with Crippen LogP contribution in [0.1, 0.15) is 39.4 Å². The minimum Gasteiger partial charge on any atom is -0.481 e. The highest BCUT2D eigenvalue weighted by Crippen LogP contribution is 2.14. The maximum Gasteiger partial charge on any atom is 0.218 e. The lowest BCUT2D eigenvalue weighted by Gasteiger charge is -2.10. The predicted molar refractivity (Wildman–Crippen MR) is 70.5 cm³/mol. The molecule has 0 spiro atoms. The summed E-state index contributed by atoms with van der Waals surface area (Å²) >= 11 is 0. The average molecular weight is 237 g/mol. The highest BCUT2D eigenvalue weighted by Gasteiger charge is 2.04. The molecular formula is C13H23N3O.